The first-order chi connectivity index (χ1) is 13.6. The van der Waals surface area contributed by atoms with Crippen LogP contribution in [0.4, 0.5) is 5.69 Å². The quantitative estimate of drug-likeness (QED) is 0.713. The molecule has 2 aromatic rings. The summed E-state index contributed by atoms with van der Waals surface area (Å²) in [7, 11) is 1.90. The maximum absolute atomic E-state index is 12.4. The van der Waals surface area contributed by atoms with Gasteiger partial charge in [-0.2, -0.15) is 0 Å². The van der Waals surface area contributed by atoms with E-state index >= 15 is 0 Å². The van der Waals surface area contributed by atoms with E-state index in [0.29, 0.717) is 36.9 Å². The van der Waals surface area contributed by atoms with Gasteiger partial charge in [-0.15, -0.1) is 0 Å². The average Bonchev–Trinajstić information content (AvgIpc) is 3.11. The van der Waals surface area contributed by atoms with Crippen molar-refractivity contribution in [3.63, 3.8) is 0 Å². The highest BCUT2D eigenvalue weighted by molar-refractivity contribution is 5.92. The van der Waals surface area contributed by atoms with Crippen LogP contribution < -0.4 is 24.3 Å². The molecule has 7 nitrogen and oxygen atoms in total. The summed E-state index contributed by atoms with van der Waals surface area (Å²) in [6.07, 6.45) is 0. The third-order valence-corrected chi connectivity index (χ3v) is 4.13. The third kappa shape index (κ3) is 5.07. The molecule has 1 heterocycles. The first kappa shape index (κ1) is 19.8. The summed E-state index contributed by atoms with van der Waals surface area (Å²) >= 11 is 0. The maximum Gasteiger partial charge on any atom is 0.238 e. The second-order valence-electron chi connectivity index (χ2n) is 6.44. The molecule has 3 rings (SSSR count). The van der Waals surface area contributed by atoms with Crippen LogP contribution in [-0.4, -0.2) is 44.4 Å². The molecule has 1 aliphatic rings. The van der Waals surface area contributed by atoms with Gasteiger partial charge in [-0.05, 0) is 50.7 Å². The van der Waals surface area contributed by atoms with Gasteiger partial charge in [0.15, 0.2) is 23.0 Å². The Hall–Kier alpha value is -2.93. The van der Waals surface area contributed by atoms with E-state index in [1.165, 1.54) is 0 Å². The van der Waals surface area contributed by atoms with Gasteiger partial charge in [-0.3, -0.25) is 9.69 Å². The van der Waals surface area contributed by atoms with Gasteiger partial charge in [0.05, 0.1) is 19.8 Å². The summed E-state index contributed by atoms with van der Waals surface area (Å²) < 4.78 is 21.9. The highest BCUT2D eigenvalue weighted by Crippen LogP contribution is 2.33. The smallest absolute Gasteiger partial charge is 0.238 e. The molecule has 0 unspecified atom stereocenters. The van der Waals surface area contributed by atoms with Gasteiger partial charge in [0.1, 0.15) is 0 Å². The Morgan fingerprint density at radius 2 is 1.79 bits per heavy atom. The Bertz CT molecular complexity index is 824. The van der Waals surface area contributed by atoms with E-state index in [1.807, 2.05) is 50.1 Å². The molecule has 0 aliphatic carbocycles. The third-order valence-electron chi connectivity index (χ3n) is 4.13. The predicted octanol–water partition coefficient (Wildman–Crippen LogP) is 3.28. The lowest BCUT2D eigenvalue weighted by molar-refractivity contribution is -0.117. The van der Waals surface area contributed by atoms with Crippen molar-refractivity contribution < 1.29 is 23.7 Å². The number of hydrogen-bond donors (Lipinski definition) is 1. The standard InChI is InChI=1S/C21H26N2O5/c1-4-25-17-9-7-16(11-20(17)26-5-2)22-21(24)13-23(3)12-15-6-8-18-19(10-15)28-14-27-18/h6-11H,4-5,12-14H2,1-3H3,(H,22,24). The van der Waals surface area contributed by atoms with Crippen LogP contribution in [0.25, 0.3) is 0 Å². The van der Waals surface area contributed by atoms with Crippen molar-refractivity contribution in [3.05, 3.63) is 42.0 Å². The number of hydrogen-bond acceptors (Lipinski definition) is 6. The largest absolute Gasteiger partial charge is 0.490 e. The number of ether oxygens (including phenoxy) is 4. The number of nitrogens with zero attached hydrogens (tertiary/aromatic N) is 1. The van der Waals surface area contributed by atoms with Gasteiger partial charge in [0, 0.05) is 18.3 Å². The van der Waals surface area contributed by atoms with Crippen LogP contribution in [-0.2, 0) is 11.3 Å². The number of benzene rings is 2. The molecule has 0 atom stereocenters. The van der Waals surface area contributed by atoms with Crippen molar-refractivity contribution in [1.29, 1.82) is 0 Å². The molecule has 0 spiro atoms. The monoisotopic (exact) mass is 386 g/mol. The van der Waals surface area contributed by atoms with Crippen LogP contribution in [0.3, 0.4) is 0 Å². The molecule has 0 bridgehead atoms. The molecular weight excluding hydrogens is 360 g/mol. The Morgan fingerprint density at radius 1 is 1.04 bits per heavy atom. The number of carbonyl (C=O) groups is 1. The molecular formula is C21H26N2O5. The Labute approximate surface area is 165 Å². The van der Waals surface area contributed by atoms with Gasteiger partial charge < -0.3 is 24.3 Å². The number of nitrogens with one attached hydrogen (secondary N) is 1. The molecule has 1 amide bonds. The van der Waals surface area contributed by atoms with E-state index in [-0.39, 0.29) is 19.2 Å². The minimum atomic E-state index is -0.102. The lowest BCUT2D eigenvalue weighted by Gasteiger charge is -2.17. The zero-order valence-corrected chi connectivity index (χ0v) is 16.5. The summed E-state index contributed by atoms with van der Waals surface area (Å²) in [6.45, 7) is 6.03. The summed E-state index contributed by atoms with van der Waals surface area (Å²) in [6, 6.07) is 11.2. The molecule has 0 saturated carbocycles. The molecule has 1 N–H and O–H groups in total. The summed E-state index contributed by atoms with van der Waals surface area (Å²) in [5.41, 5.74) is 1.73. The van der Waals surface area contributed by atoms with Crippen LogP contribution >= 0.6 is 0 Å². The number of anilines is 1. The molecule has 0 aromatic heterocycles. The van der Waals surface area contributed by atoms with Crippen LogP contribution in [0.15, 0.2) is 36.4 Å². The molecule has 7 heteroatoms. The minimum absolute atomic E-state index is 0.102. The molecule has 1 aliphatic heterocycles. The second-order valence-corrected chi connectivity index (χ2v) is 6.44. The van der Waals surface area contributed by atoms with Crippen LogP contribution in [0.1, 0.15) is 19.4 Å². The van der Waals surface area contributed by atoms with Gasteiger partial charge in [0.25, 0.3) is 0 Å². The molecule has 0 fully saturated rings. The number of rotatable bonds is 9. The van der Waals surface area contributed by atoms with E-state index in [1.54, 1.807) is 12.1 Å². The van der Waals surface area contributed by atoms with Crippen molar-refractivity contribution in [3.8, 4) is 23.0 Å². The van der Waals surface area contributed by atoms with E-state index in [9.17, 15) is 4.79 Å². The van der Waals surface area contributed by atoms with Gasteiger partial charge in [-0.25, -0.2) is 0 Å². The Balaban J connectivity index is 1.56. The normalized spacial score (nSPS) is 12.1. The SMILES string of the molecule is CCOc1ccc(NC(=O)CN(C)Cc2ccc3c(c2)OCO3)cc1OCC. The first-order valence-electron chi connectivity index (χ1n) is 9.35. The lowest BCUT2D eigenvalue weighted by atomic mass is 10.2. The number of amides is 1. The van der Waals surface area contributed by atoms with Crippen molar-refractivity contribution in [1.82, 2.24) is 4.90 Å². The average molecular weight is 386 g/mol. The fraction of sp³-hybridized carbons (Fsp3) is 0.381. The molecule has 0 radical (unpaired) electrons. The van der Waals surface area contributed by atoms with E-state index < -0.39 is 0 Å². The molecule has 150 valence electrons. The van der Waals surface area contributed by atoms with Crippen LogP contribution in [0.2, 0.25) is 0 Å². The van der Waals surface area contributed by atoms with Crippen LogP contribution in [0.5, 0.6) is 23.0 Å². The molecule has 0 saturated heterocycles. The first-order valence-corrected chi connectivity index (χ1v) is 9.35. The topological polar surface area (TPSA) is 69.3 Å². The minimum Gasteiger partial charge on any atom is -0.490 e. The number of fused-ring (bicyclic) bond motifs is 1. The van der Waals surface area contributed by atoms with Crippen LogP contribution in [0, 0.1) is 0 Å². The van der Waals surface area contributed by atoms with Gasteiger partial charge in [0.2, 0.25) is 12.7 Å². The Morgan fingerprint density at radius 3 is 2.57 bits per heavy atom. The van der Waals surface area contributed by atoms with Crippen molar-refractivity contribution >= 4 is 11.6 Å². The fourth-order valence-corrected chi connectivity index (χ4v) is 2.98. The van der Waals surface area contributed by atoms with Crippen molar-refractivity contribution in [2.24, 2.45) is 0 Å². The fourth-order valence-electron chi connectivity index (χ4n) is 2.98. The Kier molecular flexibility index (Phi) is 6.60. The summed E-state index contributed by atoms with van der Waals surface area (Å²) in [4.78, 5) is 14.3. The zero-order valence-electron chi connectivity index (χ0n) is 16.5. The van der Waals surface area contributed by atoms with E-state index in [4.69, 9.17) is 18.9 Å². The predicted molar refractivity (Wildman–Crippen MR) is 106 cm³/mol. The number of carbonyl (C=O) groups excluding carboxylic acids is 1. The maximum atomic E-state index is 12.4. The van der Waals surface area contributed by atoms with Crippen molar-refractivity contribution in [2.75, 3.05) is 38.9 Å². The highest BCUT2D eigenvalue weighted by Gasteiger charge is 2.15. The van der Waals surface area contributed by atoms with E-state index in [2.05, 4.69) is 5.32 Å². The zero-order chi connectivity index (χ0) is 19.9. The van der Waals surface area contributed by atoms with E-state index in [0.717, 1.165) is 17.1 Å². The van der Waals surface area contributed by atoms with Gasteiger partial charge in [-0.1, -0.05) is 6.07 Å². The molecule has 2 aromatic carbocycles. The highest BCUT2D eigenvalue weighted by atomic mass is 16.7. The number of likely N-dealkylation sites (N-methyl/N-ethyl adjacent to an activating group) is 1. The summed E-state index contributed by atoms with van der Waals surface area (Å²) in [5.74, 6) is 2.69. The molecule has 28 heavy (non-hydrogen) atoms. The lowest BCUT2D eigenvalue weighted by Crippen LogP contribution is -2.29. The second kappa shape index (κ2) is 9.32. The van der Waals surface area contributed by atoms with Gasteiger partial charge >= 0.3 is 0 Å². The van der Waals surface area contributed by atoms with Crippen molar-refractivity contribution in [2.45, 2.75) is 20.4 Å². The summed E-state index contributed by atoms with van der Waals surface area (Å²) in [5, 5.41) is 2.91.